The molecule has 1 aliphatic heterocycles. The first-order chi connectivity index (χ1) is 9.86. The average molecular weight is 263 g/mol. The van der Waals surface area contributed by atoms with Crippen molar-refractivity contribution in [1.82, 2.24) is 9.97 Å². The summed E-state index contributed by atoms with van der Waals surface area (Å²) in [7, 11) is 0. The third-order valence-electron chi connectivity index (χ3n) is 3.34. The lowest BCUT2D eigenvalue weighted by molar-refractivity contribution is 0.174. The van der Waals surface area contributed by atoms with Crippen LogP contribution in [0.5, 0.6) is 11.5 Å². The molecule has 4 rings (SSSR count). The van der Waals surface area contributed by atoms with Crippen molar-refractivity contribution in [3.8, 4) is 28.8 Å². The number of nitrogens with zero attached hydrogens (tertiary/aromatic N) is 2. The van der Waals surface area contributed by atoms with Gasteiger partial charge in [-0.3, -0.25) is 0 Å². The van der Waals surface area contributed by atoms with Crippen molar-refractivity contribution in [1.29, 1.82) is 5.26 Å². The first-order valence-electron chi connectivity index (χ1n) is 6.13. The molecule has 1 aromatic carbocycles. The van der Waals surface area contributed by atoms with Crippen LogP contribution in [-0.4, -0.2) is 16.8 Å². The number of hydrogen-bond acceptors (Lipinski definition) is 4. The van der Waals surface area contributed by atoms with Crippen LogP contribution in [0.25, 0.3) is 22.3 Å². The van der Waals surface area contributed by atoms with Crippen LogP contribution in [0.2, 0.25) is 0 Å². The zero-order valence-corrected chi connectivity index (χ0v) is 10.4. The second kappa shape index (κ2) is 4.00. The maximum atomic E-state index is 9.41. The fourth-order valence-electron chi connectivity index (χ4n) is 2.41. The number of benzene rings is 1. The molecule has 5 nitrogen and oxygen atoms in total. The Morgan fingerprint density at radius 3 is 3.00 bits per heavy atom. The Morgan fingerprint density at radius 2 is 2.10 bits per heavy atom. The second-order valence-corrected chi connectivity index (χ2v) is 4.45. The summed E-state index contributed by atoms with van der Waals surface area (Å²) in [6, 6.07) is 11.6. The van der Waals surface area contributed by atoms with Gasteiger partial charge in [-0.1, -0.05) is 0 Å². The summed E-state index contributed by atoms with van der Waals surface area (Å²) < 4.78 is 10.7. The number of nitriles is 1. The number of H-pyrrole nitrogens is 1. The van der Waals surface area contributed by atoms with E-state index >= 15 is 0 Å². The van der Waals surface area contributed by atoms with E-state index in [-0.39, 0.29) is 6.79 Å². The van der Waals surface area contributed by atoms with Crippen LogP contribution in [0.1, 0.15) is 5.56 Å². The van der Waals surface area contributed by atoms with Gasteiger partial charge in [0.25, 0.3) is 0 Å². The first kappa shape index (κ1) is 10.9. The second-order valence-electron chi connectivity index (χ2n) is 4.45. The fraction of sp³-hybridized carbons (Fsp3) is 0.0667. The highest BCUT2D eigenvalue weighted by Crippen LogP contribution is 2.37. The lowest BCUT2D eigenvalue weighted by Gasteiger charge is -2.01. The molecule has 3 heterocycles. The van der Waals surface area contributed by atoms with E-state index in [1.165, 1.54) is 0 Å². The lowest BCUT2D eigenvalue weighted by atomic mass is 10.1. The maximum absolute atomic E-state index is 9.41. The van der Waals surface area contributed by atoms with Gasteiger partial charge in [-0.05, 0) is 30.3 Å². The molecule has 5 heteroatoms. The van der Waals surface area contributed by atoms with Gasteiger partial charge in [0.2, 0.25) is 6.79 Å². The number of hydrogen-bond donors (Lipinski definition) is 1. The van der Waals surface area contributed by atoms with Crippen molar-refractivity contribution in [3.63, 3.8) is 0 Å². The standard InChI is InChI=1S/C15H9N3O2/c16-7-11-10-2-1-5-17-15(10)18-14(11)9-3-4-12-13(6-9)20-8-19-12/h1-6H,8H2,(H,17,18). The lowest BCUT2D eigenvalue weighted by Crippen LogP contribution is -1.92. The molecular formula is C15H9N3O2. The third-order valence-corrected chi connectivity index (χ3v) is 3.34. The molecule has 0 aliphatic carbocycles. The molecule has 0 saturated carbocycles. The number of rotatable bonds is 1. The zero-order chi connectivity index (χ0) is 13.5. The number of aromatic nitrogens is 2. The van der Waals surface area contributed by atoms with Crippen LogP contribution in [0.3, 0.4) is 0 Å². The Bertz CT molecular complexity index is 861. The van der Waals surface area contributed by atoms with Gasteiger partial charge in [-0.2, -0.15) is 5.26 Å². The van der Waals surface area contributed by atoms with E-state index in [1.807, 2.05) is 30.3 Å². The number of aromatic amines is 1. The molecule has 3 aromatic rings. The molecule has 0 radical (unpaired) electrons. The Morgan fingerprint density at radius 1 is 1.20 bits per heavy atom. The van der Waals surface area contributed by atoms with Crippen molar-refractivity contribution in [2.24, 2.45) is 0 Å². The average Bonchev–Trinajstić information content (AvgIpc) is 3.10. The molecule has 96 valence electrons. The van der Waals surface area contributed by atoms with Gasteiger partial charge in [0.05, 0.1) is 11.3 Å². The van der Waals surface area contributed by atoms with Crippen molar-refractivity contribution >= 4 is 11.0 Å². The summed E-state index contributed by atoms with van der Waals surface area (Å²) in [4.78, 5) is 7.44. The minimum Gasteiger partial charge on any atom is -0.454 e. The minimum atomic E-state index is 0.234. The van der Waals surface area contributed by atoms with E-state index in [2.05, 4.69) is 16.0 Å². The highest BCUT2D eigenvalue weighted by atomic mass is 16.7. The summed E-state index contributed by atoms with van der Waals surface area (Å²) in [6.45, 7) is 0.234. The molecule has 0 saturated heterocycles. The zero-order valence-electron chi connectivity index (χ0n) is 10.4. The molecule has 0 fully saturated rings. The quantitative estimate of drug-likeness (QED) is 0.732. The molecular weight excluding hydrogens is 254 g/mol. The summed E-state index contributed by atoms with van der Waals surface area (Å²) in [6.07, 6.45) is 1.70. The molecule has 1 N–H and O–H groups in total. The molecule has 0 bridgehead atoms. The van der Waals surface area contributed by atoms with E-state index in [0.29, 0.717) is 17.0 Å². The smallest absolute Gasteiger partial charge is 0.231 e. The van der Waals surface area contributed by atoms with Gasteiger partial charge in [-0.15, -0.1) is 0 Å². The molecule has 0 spiro atoms. The Kier molecular flexibility index (Phi) is 2.18. The monoisotopic (exact) mass is 263 g/mol. The topological polar surface area (TPSA) is 70.9 Å². The Hall–Kier alpha value is -3.00. The summed E-state index contributed by atoms with van der Waals surface area (Å²) in [5, 5.41) is 10.2. The van der Waals surface area contributed by atoms with Crippen LogP contribution in [0.4, 0.5) is 0 Å². The van der Waals surface area contributed by atoms with E-state index in [0.717, 1.165) is 22.4 Å². The summed E-state index contributed by atoms with van der Waals surface area (Å²) in [5.41, 5.74) is 2.92. The van der Waals surface area contributed by atoms with E-state index in [4.69, 9.17) is 9.47 Å². The summed E-state index contributed by atoms with van der Waals surface area (Å²) in [5.74, 6) is 1.42. The predicted octanol–water partition coefficient (Wildman–Crippen LogP) is 2.83. The SMILES string of the molecule is N#Cc1c(-c2ccc3c(c2)OCO3)[nH]c2ncccc12. The van der Waals surface area contributed by atoms with E-state index in [9.17, 15) is 5.26 Å². The predicted molar refractivity (Wildman–Crippen MR) is 72.4 cm³/mol. The highest BCUT2D eigenvalue weighted by Gasteiger charge is 2.18. The largest absolute Gasteiger partial charge is 0.454 e. The minimum absolute atomic E-state index is 0.234. The third kappa shape index (κ3) is 1.45. The van der Waals surface area contributed by atoms with Crippen molar-refractivity contribution in [2.75, 3.05) is 6.79 Å². The van der Waals surface area contributed by atoms with Crippen molar-refractivity contribution in [3.05, 3.63) is 42.1 Å². The molecule has 0 atom stereocenters. The summed E-state index contributed by atoms with van der Waals surface area (Å²) >= 11 is 0. The van der Waals surface area contributed by atoms with Crippen molar-refractivity contribution in [2.45, 2.75) is 0 Å². The highest BCUT2D eigenvalue weighted by molar-refractivity contribution is 5.91. The number of fused-ring (bicyclic) bond motifs is 2. The maximum Gasteiger partial charge on any atom is 0.231 e. The van der Waals surface area contributed by atoms with Gasteiger partial charge in [0, 0.05) is 17.1 Å². The molecule has 20 heavy (non-hydrogen) atoms. The molecule has 0 amide bonds. The van der Waals surface area contributed by atoms with Crippen LogP contribution in [-0.2, 0) is 0 Å². The van der Waals surface area contributed by atoms with E-state index < -0.39 is 0 Å². The normalized spacial score (nSPS) is 12.6. The van der Waals surface area contributed by atoms with Crippen LogP contribution >= 0.6 is 0 Å². The van der Waals surface area contributed by atoms with Crippen LogP contribution < -0.4 is 9.47 Å². The van der Waals surface area contributed by atoms with Gasteiger partial charge in [0.15, 0.2) is 11.5 Å². The van der Waals surface area contributed by atoms with Crippen LogP contribution in [0, 0.1) is 11.3 Å². The van der Waals surface area contributed by atoms with Gasteiger partial charge in [-0.25, -0.2) is 4.98 Å². The van der Waals surface area contributed by atoms with Crippen molar-refractivity contribution < 1.29 is 9.47 Å². The molecule has 1 aliphatic rings. The molecule has 0 unspecified atom stereocenters. The first-order valence-corrected chi connectivity index (χ1v) is 6.13. The number of nitrogens with one attached hydrogen (secondary N) is 1. The molecule has 2 aromatic heterocycles. The van der Waals surface area contributed by atoms with Crippen LogP contribution in [0.15, 0.2) is 36.5 Å². The van der Waals surface area contributed by atoms with Gasteiger partial charge in [0.1, 0.15) is 11.7 Å². The fourth-order valence-corrected chi connectivity index (χ4v) is 2.41. The van der Waals surface area contributed by atoms with Gasteiger partial charge >= 0.3 is 0 Å². The Labute approximate surface area is 114 Å². The number of pyridine rings is 1. The van der Waals surface area contributed by atoms with E-state index in [1.54, 1.807) is 6.20 Å². The van der Waals surface area contributed by atoms with Gasteiger partial charge < -0.3 is 14.5 Å². The number of ether oxygens (including phenoxy) is 2. The Balaban J connectivity index is 1.96.